The second-order valence-electron chi connectivity index (χ2n) is 5.04. The van der Waals surface area contributed by atoms with E-state index in [1.807, 2.05) is 20.9 Å². The van der Waals surface area contributed by atoms with Crippen LogP contribution in [-0.4, -0.2) is 54.6 Å². The fourth-order valence-corrected chi connectivity index (χ4v) is 2.24. The highest BCUT2D eigenvalue weighted by molar-refractivity contribution is 5.78. The minimum Gasteiger partial charge on any atom is -0.450 e. The van der Waals surface area contributed by atoms with Gasteiger partial charge in [-0.05, 0) is 19.8 Å². The maximum Gasteiger partial charge on any atom is 0.409 e. The lowest BCUT2D eigenvalue weighted by molar-refractivity contribution is -0.136. The van der Waals surface area contributed by atoms with E-state index in [1.165, 1.54) is 0 Å². The van der Waals surface area contributed by atoms with Gasteiger partial charge in [-0.3, -0.25) is 4.79 Å². The molecule has 1 aliphatic heterocycles. The lowest BCUT2D eigenvalue weighted by Crippen LogP contribution is -2.51. The quantitative estimate of drug-likeness (QED) is 0.772. The van der Waals surface area contributed by atoms with Crippen LogP contribution in [0.25, 0.3) is 0 Å². The number of carbonyl (C=O) groups is 2. The summed E-state index contributed by atoms with van der Waals surface area (Å²) in [6.07, 6.45) is 1.59. The van der Waals surface area contributed by atoms with Gasteiger partial charge in [-0.25, -0.2) is 4.79 Å². The average molecular weight is 256 g/mol. The Balaban J connectivity index is 2.58. The number of hydrogen-bond acceptors (Lipinski definition) is 3. The summed E-state index contributed by atoms with van der Waals surface area (Å²) >= 11 is 0. The van der Waals surface area contributed by atoms with E-state index in [1.54, 1.807) is 16.7 Å². The van der Waals surface area contributed by atoms with Gasteiger partial charge in [0.05, 0.1) is 6.61 Å². The molecule has 0 aliphatic carbocycles. The van der Waals surface area contributed by atoms with E-state index in [0.717, 1.165) is 19.4 Å². The van der Waals surface area contributed by atoms with Crippen molar-refractivity contribution in [2.75, 3.05) is 26.7 Å². The molecule has 0 aromatic rings. The number of rotatable bonds is 3. The van der Waals surface area contributed by atoms with Gasteiger partial charge in [-0.15, -0.1) is 0 Å². The van der Waals surface area contributed by atoms with Gasteiger partial charge in [0.2, 0.25) is 5.91 Å². The zero-order valence-electron chi connectivity index (χ0n) is 11.8. The Morgan fingerprint density at radius 2 is 2.11 bits per heavy atom. The third-order valence-electron chi connectivity index (χ3n) is 3.31. The molecular weight excluding hydrogens is 232 g/mol. The average Bonchev–Trinajstić information content (AvgIpc) is 2.37. The van der Waals surface area contributed by atoms with Crippen LogP contribution in [-0.2, 0) is 9.53 Å². The molecule has 0 saturated carbocycles. The second-order valence-corrected chi connectivity index (χ2v) is 5.04. The molecule has 1 fully saturated rings. The van der Waals surface area contributed by atoms with Crippen LogP contribution in [0.3, 0.4) is 0 Å². The van der Waals surface area contributed by atoms with E-state index in [4.69, 9.17) is 4.74 Å². The van der Waals surface area contributed by atoms with Crippen molar-refractivity contribution >= 4 is 12.0 Å². The predicted molar refractivity (Wildman–Crippen MR) is 69.2 cm³/mol. The molecule has 104 valence electrons. The largest absolute Gasteiger partial charge is 0.450 e. The summed E-state index contributed by atoms with van der Waals surface area (Å²) in [5, 5.41) is 0. The Morgan fingerprint density at radius 1 is 1.44 bits per heavy atom. The van der Waals surface area contributed by atoms with Crippen molar-refractivity contribution in [2.24, 2.45) is 5.92 Å². The third-order valence-corrected chi connectivity index (χ3v) is 3.31. The van der Waals surface area contributed by atoms with Crippen molar-refractivity contribution in [1.82, 2.24) is 9.80 Å². The molecule has 1 unspecified atom stereocenters. The van der Waals surface area contributed by atoms with E-state index < -0.39 is 0 Å². The predicted octanol–water partition coefficient (Wildman–Crippen LogP) is 1.72. The molecule has 0 spiro atoms. The van der Waals surface area contributed by atoms with Gasteiger partial charge in [0.1, 0.15) is 0 Å². The van der Waals surface area contributed by atoms with E-state index in [-0.39, 0.29) is 24.0 Å². The fraction of sp³-hybridized carbons (Fsp3) is 0.846. The molecule has 2 amide bonds. The Kier molecular flexibility index (Phi) is 5.44. The first-order chi connectivity index (χ1) is 8.47. The topological polar surface area (TPSA) is 49.9 Å². The van der Waals surface area contributed by atoms with E-state index in [0.29, 0.717) is 13.2 Å². The molecule has 0 N–H and O–H groups in total. The van der Waals surface area contributed by atoms with E-state index >= 15 is 0 Å². The summed E-state index contributed by atoms with van der Waals surface area (Å²) in [7, 11) is 1.82. The number of amides is 2. The number of nitrogens with zero attached hydrogens (tertiary/aromatic N) is 2. The van der Waals surface area contributed by atoms with Crippen LogP contribution in [0.1, 0.15) is 33.6 Å². The first kappa shape index (κ1) is 14.8. The zero-order valence-corrected chi connectivity index (χ0v) is 11.8. The smallest absolute Gasteiger partial charge is 0.409 e. The first-order valence-corrected chi connectivity index (χ1v) is 6.65. The summed E-state index contributed by atoms with van der Waals surface area (Å²) < 4.78 is 5.00. The number of ether oxygens (including phenoxy) is 1. The van der Waals surface area contributed by atoms with Gasteiger partial charge in [-0.1, -0.05) is 13.8 Å². The van der Waals surface area contributed by atoms with Gasteiger partial charge >= 0.3 is 6.09 Å². The van der Waals surface area contributed by atoms with Crippen LogP contribution in [0.5, 0.6) is 0 Å². The van der Waals surface area contributed by atoms with Crippen LogP contribution < -0.4 is 0 Å². The second kappa shape index (κ2) is 6.61. The first-order valence-electron chi connectivity index (χ1n) is 6.65. The molecule has 18 heavy (non-hydrogen) atoms. The van der Waals surface area contributed by atoms with Crippen molar-refractivity contribution < 1.29 is 14.3 Å². The van der Waals surface area contributed by atoms with E-state index in [2.05, 4.69) is 0 Å². The molecule has 1 heterocycles. The van der Waals surface area contributed by atoms with Crippen molar-refractivity contribution in [1.29, 1.82) is 0 Å². The highest BCUT2D eigenvalue weighted by atomic mass is 16.6. The van der Waals surface area contributed by atoms with Crippen LogP contribution in [0.15, 0.2) is 0 Å². The highest BCUT2D eigenvalue weighted by Gasteiger charge is 2.29. The summed E-state index contributed by atoms with van der Waals surface area (Å²) in [6.45, 7) is 7.27. The minimum absolute atomic E-state index is 0.00651. The molecule has 5 nitrogen and oxygen atoms in total. The molecule has 0 radical (unpaired) electrons. The SMILES string of the molecule is CCOC(=O)N1CCCC(N(C)C(=O)C(C)C)C1. The Bertz CT molecular complexity index is 305. The molecule has 1 rings (SSSR count). The maximum absolute atomic E-state index is 11.9. The van der Waals surface area contributed by atoms with Crippen LogP contribution >= 0.6 is 0 Å². The number of piperidine rings is 1. The van der Waals surface area contributed by atoms with Gasteiger partial charge < -0.3 is 14.5 Å². The minimum atomic E-state index is -0.271. The van der Waals surface area contributed by atoms with E-state index in [9.17, 15) is 9.59 Å². The normalized spacial score (nSPS) is 19.8. The van der Waals surface area contributed by atoms with Crippen molar-refractivity contribution in [2.45, 2.75) is 39.7 Å². The van der Waals surface area contributed by atoms with Crippen LogP contribution in [0.4, 0.5) is 4.79 Å². The highest BCUT2D eigenvalue weighted by Crippen LogP contribution is 2.17. The standard InChI is InChI=1S/C13H24N2O3/c1-5-18-13(17)15-8-6-7-11(9-15)14(4)12(16)10(2)3/h10-11H,5-9H2,1-4H3. The number of carbonyl (C=O) groups excluding carboxylic acids is 2. The number of likely N-dealkylation sites (tertiary alicyclic amines) is 1. The molecule has 5 heteroatoms. The summed E-state index contributed by atoms with van der Waals surface area (Å²) in [4.78, 5) is 27.1. The number of hydrogen-bond donors (Lipinski definition) is 0. The Morgan fingerprint density at radius 3 is 2.67 bits per heavy atom. The van der Waals surface area contributed by atoms with Crippen molar-refractivity contribution in [3.05, 3.63) is 0 Å². The maximum atomic E-state index is 11.9. The molecule has 1 aliphatic rings. The van der Waals surface area contributed by atoms with Gasteiger partial charge in [0, 0.05) is 32.1 Å². The Labute approximate surface area is 109 Å². The third kappa shape index (κ3) is 3.62. The molecule has 0 bridgehead atoms. The molecule has 1 atom stereocenters. The monoisotopic (exact) mass is 256 g/mol. The van der Waals surface area contributed by atoms with Crippen LogP contribution in [0, 0.1) is 5.92 Å². The molecular formula is C13H24N2O3. The lowest BCUT2D eigenvalue weighted by atomic mass is 10.0. The van der Waals surface area contributed by atoms with Crippen molar-refractivity contribution in [3.63, 3.8) is 0 Å². The molecule has 1 saturated heterocycles. The lowest BCUT2D eigenvalue weighted by Gasteiger charge is -2.37. The fourth-order valence-electron chi connectivity index (χ4n) is 2.24. The zero-order chi connectivity index (χ0) is 13.7. The number of likely N-dealkylation sites (N-methyl/N-ethyl adjacent to an activating group) is 1. The van der Waals surface area contributed by atoms with Crippen molar-refractivity contribution in [3.8, 4) is 0 Å². The van der Waals surface area contributed by atoms with Gasteiger partial charge in [-0.2, -0.15) is 0 Å². The Hall–Kier alpha value is -1.26. The molecule has 0 aromatic heterocycles. The summed E-state index contributed by atoms with van der Waals surface area (Å²) in [5.41, 5.74) is 0. The van der Waals surface area contributed by atoms with Gasteiger partial charge in [0.15, 0.2) is 0 Å². The summed E-state index contributed by atoms with van der Waals surface area (Å²) in [6, 6.07) is 0.109. The van der Waals surface area contributed by atoms with Gasteiger partial charge in [0.25, 0.3) is 0 Å². The van der Waals surface area contributed by atoms with Crippen LogP contribution in [0.2, 0.25) is 0 Å². The summed E-state index contributed by atoms with van der Waals surface area (Å²) in [5.74, 6) is 0.124. The molecule has 0 aromatic carbocycles.